The Morgan fingerprint density at radius 1 is 1.05 bits per heavy atom. The molecule has 9 heteroatoms. The van der Waals surface area contributed by atoms with E-state index in [-0.39, 0.29) is 18.1 Å². The van der Waals surface area contributed by atoms with Gasteiger partial charge >= 0.3 is 0 Å². The topological polar surface area (TPSA) is 101 Å². The smallest absolute Gasteiger partial charge is 0.216 e. The van der Waals surface area contributed by atoms with Gasteiger partial charge in [0, 0.05) is 57.2 Å². The SMILES string of the molecule is COc1ccccc1CCN1CCC(OCC2Cc3c(NCCNC(C)=O)nc(-c4ccccc4)nc3N2)CC1. The molecule has 2 aromatic carbocycles. The zero-order valence-corrected chi connectivity index (χ0v) is 23.5. The molecule has 40 heavy (non-hydrogen) atoms. The summed E-state index contributed by atoms with van der Waals surface area (Å²) in [6.45, 7) is 6.41. The van der Waals surface area contributed by atoms with Crippen LogP contribution in [-0.4, -0.2) is 79.4 Å². The zero-order chi connectivity index (χ0) is 27.7. The Kier molecular flexibility index (Phi) is 9.46. The molecule has 1 fully saturated rings. The molecule has 2 aliphatic heterocycles. The lowest BCUT2D eigenvalue weighted by atomic mass is 10.1. The highest BCUT2D eigenvalue weighted by molar-refractivity contribution is 5.73. The molecule has 2 aliphatic rings. The van der Waals surface area contributed by atoms with Crippen molar-refractivity contribution in [3.8, 4) is 17.1 Å². The Labute approximate surface area is 236 Å². The Balaban J connectivity index is 1.13. The Bertz CT molecular complexity index is 1260. The fourth-order valence-corrected chi connectivity index (χ4v) is 5.41. The van der Waals surface area contributed by atoms with E-state index in [1.54, 1.807) is 7.11 Å². The molecule has 0 aliphatic carbocycles. The molecule has 3 aromatic rings. The number of methoxy groups -OCH3 is 1. The van der Waals surface area contributed by atoms with Gasteiger partial charge in [0.2, 0.25) is 5.91 Å². The number of aromatic nitrogens is 2. The van der Waals surface area contributed by atoms with Gasteiger partial charge < -0.3 is 30.3 Å². The lowest BCUT2D eigenvalue weighted by Gasteiger charge is -2.32. The second-order valence-corrected chi connectivity index (χ2v) is 10.5. The molecule has 1 amide bonds. The van der Waals surface area contributed by atoms with Crippen LogP contribution in [0.15, 0.2) is 54.6 Å². The van der Waals surface area contributed by atoms with Gasteiger partial charge in [-0.05, 0) is 30.9 Å². The van der Waals surface area contributed by atoms with Gasteiger partial charge in [0.25, 0.3) is 0 Å². The van der Waals surface area contributed by atoms with E-state index in [1.165, 1.54) is 12.5 Å². The van der Waals surface area contributed by atoms with Crippen molar-refractivity contribution in [3.63, 3.8) is 0 Å². The number of para-hydroxylation sites is 1. The molecule has 0 spiro atoms. The number of nitrogens with zero attached hydrogens (tertiary/aromatic N) is 3. The molecule has 3 N–H and O–H groups in total. The molecule has 212 valence electrons. The number of rotatable bonds is 12. The average Bonchev–Trinajstić information content (AvgIpc) is 3.41. The standard InChI is InChI=1S/C31H40N6O3/c1-22(38)32-15-16-33-30-27-20-25(34-31(27)36-29(35-30)24-9-4-3-5-10-24)21-40-26-13-18-37(19-14-26)17-12-23-8-6-7-11-28(23)39-2/h3-11,25-26H,12-21H2,1-2H3,(H,32,38)(H2,33,34,35,36). The maximum Gasteiger partial charge on any atom is 0.216 e. The van der Waals surface area contributed by atoms with Gasteiger partial charge in [0.15, 0.2) is 5.82 Å². The highest BCUT2D eigenvalue weighted by Crippen LogP contribution is 2.32. The monoisotopic (exact) mass is 544 g/mol. The quantitative estimate of drug-likeness (QED) is 0.297. The van der Waals surface area contributed by atoms with Crippen molar-refractivity contribution in [2.45, 2.75) is 44.8 Å². The summed E-state index contributed by atoms with van der Waals surface area (Å²) in [4.78, 5) is 23.5. The number of ether oxygens (including phenoxy) is 2. The number of amides is 1. The normalized spacial score (nSPS) is 17.2. The number of likely N-dealkylation sites (tertiary alicyclic amines) is 1. The van der Waals surface area contributed by atoms with E-state index < -0.39 is 0 Å². The summed E-state index contributed by atoms with van der Waals surface area (Å²) in [6.07, 6.45) is 4.14. The summed E-state index contributed by atoms with van der Waals surface area (Å²) in [5.74, 6) is 3.28. The van der Waals surface area contributed by atoms with Crippen molar-refractivity contribution in [3.05, 3.63) is 65.7 Å². The first kappa shape index (κ1) is 27.9. The van der Waals surface area contributed by atoms with Crippen molar-refractivity contribution in [1.29, 1.82) is 0 Å². The molecule has 1 atom stereocenters. The number of anilines is 2. The van der Waals surface area contributed by atoms with Crippen molar-refractivity contribution in [2.75, 3.05) is 57.1 Å². The molecule has 0 radical (unpaired) electrons. The number of nitrogens with one attached hydrogen (secondary N) is 3. The fourth-order valence-electron chi connectivity index (χ4n) is 5.41. The molecule has 9 nitrogen and oxygen atoms in total. The number of piperidine rings is 1. The molecule has 3 heterocycles. The first-order valence-corrected chi connectivity index (χ1v) is 14.3. The second kappa shape index (κ2) is 13.6. The fraction of sp³-hybridized carbons (Fsp3) is 0.452. The minimum absolute atomic E-state index is 0.0409. The van der Waals surface area contributed by atoms with Crippen LogP contribution in [0.2, 0.25) is 0 Å². The van der Waals surface area contributed by atoms with E-state index in [4.69, 9.17) is 19.4 Å². The number of hydrogen-bond donors (Lipinski definition) is 3. The molecule has 1 unspecified atom stereocenters. The van der Waals surface area contributed by atoms with Gasteiger partial charge in [-0.2, -0.15) is 0 Å². The summed E-state index contributed by atoms with van der Waals surface area (Å²) in [5.41, 5.74) is 3.30. The third-order valence-electron chi connectivity index (χ3n) is 7.58. The van der Waals surface area contributed by atoms with Gasteiger partial charge in [-0.1, -0.05) is 48.5 Å². The van der Waals surface area contributed by atoms with Crippen molar-refractivity contribution < 1.29 is 14.3 Å². The van der Waals surface area contributed by atoms with Gasteiger partial charge in [-0.25, -0.2) is 9.97 Å². The van der Waals surface area contributed by atoms with E-state index in [2.05, 4.69) is 33.0 Å². The number of carbonyl (C=O) groups excluding carboxylic acids is 1. The molecule has 5 rings (SSSR count). The lowest BCUT2D eigenvalue weighted by molar-refractivity contribution is -0.118. The van der Waals surface area contributed by atoms with Gasteiger partial charge in [-0.15, -0.1) is 0 Å². The van der Waals surface area contributed by atoms with Gasteiger partial charge in [0.1, 0.15) is 17.4 Å². The van der Waals surface area contributed by atoms with Crippen LogP contribution in [0.5, 0.6) is 5.75 Å². The summed E-state index contributed by atoms with van der Waals surface area (Å²) in [5, 5.41) is 9.83. The third-order valence-corrected chi connectivity index (χ3v) is 7.58. The zero-order valence-electron chi connectivity index (χ0n) is 23.5. The summed E-state index contributed by atoms with van der Waals surface area (Å²) < 4.78 is 11.9. The van der Waals surface area contributed by atoms with Crippen LogP contribution in [0.3, 0.4) is 0 Å². The van der Waals surface area contributed by atoms with Crippen LogP contribution >= 0.6 is 0 Å². The van der Waals surface area contributed by atoms with Crippen LogP contribution in [-0.2, 0) is 22.4 Å². The first-order valence-electron chi connectivity index (χ1n) is 14.3. The second-order valence-electron chi connectivity index (χ2n) is 10.5. The minimum atomic E-state index is -0.0409. The van der Waals surface area contributed by atoms with E-state index >= 15 is 0 Å². The predicted molar refractivity (Wildman–Crippen MR) is 158 cm³/mol. The van der Waals surface area contributed by atoms with Gasteiger partial charge in [0.05, 0.1) is 25.9 Å². The molecule has 1 aromatic heterocycles. The lowest BCUT2D eigenvalue weighted by Crippen LogP contribution is -2.39. The summed E-state index contributed by atoms with van der Waals surface area (Å²) in [6, 6.07) is 18.4. The summed E-state index contributed by atoms with van der Waals surface area (Å²) in [7, 11) is 1.74. The predicted octanol–water partition coefficient (Wildman–Crippen LogP) is 3.76. The average molecular weight is 545 g/mol. The molecular weight excluding hydrogens is 504 g/mol. The highest BCUT2D eigenvalue weighted by atomic mass is 16.5. The Morgan fingerprint density at radius 2 is 1.82 bits per heavy atom. The summed E-state index contributed by atoms with van der Waals surface area (Å²) >= 11 is 0. The van der Waals surface area contributed by atoms with Crippen LogP contribution in [0, 0.1) is 0 Å². The van der Waals surface area contributed by atoms with Gasteiger partial charge in [-0.3, -0.25) is 4.79 Å². The maximum absolute atomic E-state index is 11.3. The number of fused-ring (bicyclic) bond motifs is 1. The van der Waals surface area contributed by atoms with E-state index in [9.17, 15) is 4.79 Å². The van der Waals surface area contributed by atoms with Crippen LogP contribution in [0.25, 0.3) is 11.4 Å². The van der Waals surface area contributed by atoms with E-state index in [0.717, 1.165) is 73.8 Å². The molecule has 0 saturated carbocycles. The van der Waals surface area contributed by atoms with Crippen molar-refractivity contribution in [1.82, 2.24) is 20.2 Å². The van der Waals surface area contributed by atoms with E-state index in [1.807, 2.05) is 42.5 Å². The van der Waals surface area contributed by atoms with Crippen LogP contribution < -0.4 is 20.7 Å². The van der Waals surface area contributed by atoms with Crippen LogP contribution in [0.4, 0.5) is 11.6 Å². The number of hydrogen-bond acceptors (Lipinski definition) is 8. The minimum Gasteiger partial charge on any atom is -0.496 e. The molecule has 1 saturated heterocycles. The molecule has 0 bridgehead atoms. The maximum atomic E-state index is 11.3. The van der Waals surface area contributed by atoms with E-state index in [0.29, 0.717) is 25.5 Å². The Morgan fingerprint density at radius 3 is 2.60 bits per heavy atom. The van der Waals surface area contributed by atoms with Crippen molar-refractivity contribution in [2.24, 2.45) is 0 Å². The third kappa shape index (κ3) is 7.28. The Hall–Kier alpha value is -3.69. The first-order chi connectivity index (χ1) is 19.6. The van der Waals surface area contributed by atoms with Crippen LogP contribution in [0.1, 0.15) is 30.9 Å². The largest absolute Gasteiger partial charge is 0.496 e. The molecular formula is C31H40N6O3. The van der Waals surface area contributed by atoms with Crippen molar-refractivity contribution >= 4 is 17.5 Å². The highest BCUT2D eigenvalue weighted by Gasteiger charge is 2.28. The number of carbonyl (C=O) groups is 1. The number of benzene rings is 2.